The molecule has 0 spiro atoms. The van der Waals surface area contributed by atoms with Crippen LogP contribution in [0.25, 0.3) is 0 Å². The number of nitrogens with zero attached hydrogens (tertiary/aromatic N) is 4. The number of piperazine rings is 1. The summed E-state index contributed by atoms with van der Waals surface area (Å²) in [5.74, 6) is -0.552. The number of ether oxygens (including phenoxy) is 2. The lowest BCUT2D eigenvalue weighted by Gasteiger charge is -2.30. The number of carbonyl (C=O) groups is 2. The number of nitrogens with one attached hydrogen (secondary N) is 1. The largest absolute Gasteiger partial charge is 0.444 e. The molecule has 0 aromatic heterocycles. The van der Waals surface area contributed by atoms with Gasteiger partial charge >= 0.3 is 12.2 Å². The molecule has 0 saturated carbocycles. The van der Waals surface area contributed by atoms with Gasteiger partial charge in [-0.25, -0.2) is 18.4 Å². The maximum atomic E-state index is 14.4. The highest BCUT2D eigenvalue weighted by Gasteiger charge is 2.33. The third-order valence-electron chi connectivity index (χ3n) is 8.30. The quantitative estimate of drug-likeness (QED) is 0.460. The van der Waals surface area contributed by atoms with E-state index < -0.39 is 6.09 Å². The lowest BCUT2D eigenvalue weighted by Crippen LogP contribution is -2.43. The zero-order valence-electron chi connectivity index (χ0n) is 24.5. The van der Waals surface area contributed by atoms with E-state index in [1.807, 2.05) is 24.8 Å². The number of amides is 2. The molecule has 4 fully saturated rings. The fourth-order valence-corrected chi connectivity index (χ4v) is 5.77. The van der Waals surface area contributed by atoms with Gasteiger partial charge in [-0.05, 0) is 68.5 Å². The number of hydrogen-bond donors (Lipinski definition) is 1. The number of hydrogen-bond acceptors (Lipinski definition) is 7. The molecule has 1 N–H and O–H groups in total. The number of rotatable bonds is 6. The van der Waals surface area contributed by atoms with E-state index in [0.717, 1.165) is 65.0 Å². The summed E-state index contributed by atoms with van der Waals surface area (Å²) in [6, 6.07) is 10.0. The summed E-state index contributed by atoms with van der Waals surface area (Å²) < 4.78 is 39.2. The van der Waals surface area contributed by atoms with Crippen LogP contribution in [0.1, 0.15) is 47.4 Å². The fourth-order valence-electron chi connectivity index (χ4n) is 5.77. The minimum Gasteiger partial charge on any atom is -0.444 e. The Bertz CT molecular complexity index is 1160. The van der Waals surface area contributed by atoms with Gasteiger partial charge in [0.25, 0.3) is 0 Å². The van der Waals surface area contributed by atoms with Crippen molar-refractivity contribution in [3.05, 3.63) is 48.0 Å². The van der Waals surface area contributed by atoms with E-state index in [4.69, 9.17) is 9.47 Å². The molecule has 4 aliphatic rings. The van der Waals surface area contributed by atoms with E-state index in [-0.39, 0.29) is 31.4 Å². The van der Waals surface area contributed by atoms with Gasteiger partial charge in [0.2, 0.25) is 0 Å². The van der Waals surface area contributed by atoms with Crippen molar-refractivity contribution in [1.29, 1.82) is 0 Å². The van der Waals surface area contributed by atoms with Crippen molar-refractivity contribution < 1.29 is 29.3 Å². The van der Waals surface area contributed by atoms with E-state index in [1.54, 1.807) is 18.2 Å². The predicted molar refractivity (Wildman–Crippen MR) is 162 cm³/mol. The van der Waals surface area contributed by atoms with Crippen molar-refractivity contribution in [2.24, 2.45) is 0 Å². The molecule has 4 saturated heterocycles. The van der Waals surface area contributed by atoms with Crippen molar-refractivity contribution >= 4 is 34.9 Å². The van der Waals surface area contributed by atoms with Crippen LogP contribution in [-0.4, -0.2) is 76.8 Å². The van der Waals surface area contributed by atoms with Gasteiger partial charge in [0.1, 0.15) is 23.8 Å². The molecule has 0 aliphatic carbocycles. The van der Waals surface area contributed by atoms with Crippen LogP contribution in [-0.2, 0) is 9.47 Å². The van der Waals surface area contributed by atoms with Gasteiger partial charge in [0, 0.05) is 40.7 Å². The van der Waals surface area contributed by atoms with Crippen molar-refractivity contribution in [3.63, 3.8) is 0 Å². The third kappa shape index (κ3) is 6.72. The smallest absolute Gasteiger partial charge is 0.414 e. The molecule has 2 atom stereocenters. The Morgan fingerprint density at radius 3 is 1.60 bits per heavy atom. The molecule has 4 heterocycles. The van der Waals surface area contributed by atoms with Crippen LogP contribution in [0, 0.1) is 11.6 Å². The molecule has 42 heavy (non-hydrogen) atoms. The van der Waals surface area contributed by atoms with Crippen molar-refractivity contribution in [1.82, 2.24) is 5.32 Å². The molecule has 0 unspecified atom stereocenters. The number of benzene rings is 2. The molecule has 2 aromatic rings. The van der Waals surface area contributed by atoms with Crippen LogP contribution in [0.3, 0.4) is 0 Å². The van der Waals surface area contributed by atoms with Crippen LogP contribution in [0.4, 0.5) is 41.1 Å². The highest BCUT2D eigenvalue weighted by atomic mass is 19.1. The second-order valence-electron chi connectivity index (χ2n) is 11.1. The molecular formula is C31H43F2N5O4. The first-order valence-electron chi connectivity index (χ1n) is 15.1. The van der Waals surface area contributed by atoms with Gasteiger partial charge in [-0.1, -0.05) is 13.8 Å². The average Bonchev–Trinajstić information content (AvgIpc) is 3.60. The fraction of sp³-hybridized carbons (Fsp3) is 0.548. The summed E-state index contributed by atoms with van der Waals surface area (Å²) in [7, 11) is 0. The number of piperidine rings is 1. The number of halogens is 2. The van der Waals surface area contributed by atoms with Crippen molar-refractivity contribution in [3.8, 4) is 0 Å². The maximum absolute atomic E-state index is 14.4. The van der Waals surface area contributed by atoms with Gasteiger partial charge in [-0.3, -0.25) is 9.80 Å². The lowest BCUT2D eigenvalue weighted by atomic mass is 10.1. The minimum absolute atomic E-state index is 0. The first kappa shape index (κ1) is 29.9. The Morgan fingerprint density at radius 1 is 0.738 bits per heavy atom. The number of carbonyl (C=O) groups excluding carboxylic acids is 2. The van der Waals surface area contributed by atoms with E-state index in [2.05, 4.69) is 10.2 Å². The van der Waals surface area contributed by atoms with Gasteiger partial charge in [-0.15, -0.1) is 0 Å². The van der Waals surface area contributed by atoms with Crippen molar-refractivity contribution in [2.75, 3.05) is 72.0 Å². The van der Waals surface area contributed by atoms with E-state index >= 15 is 0 Å². The highest BCUT2D eigenvalue weighted by molar-refractivity contribution is 5.90. The zero-order valence-corrected chi connectivity index (χ0v) is 24.5. The molecule has 11 heteroatoms. The number of cyclic esters (lactones) is 2. The van der Waals surface area contributed by atoms with E-state index in [9.17, 15) is 18.4 Å². The monoisotopic (exact) mass is 587 g/mol. The Kier molecular flexibility index (Phi) is 9.66. The zero-order chi connectivity index (χ0) is 29.6. The molecule has 2 aromatic carbocycles. The molecule has 4 aliphatic heterocycles. The van der Waals surface area contributed by atoms with Crippen LogP contribution >= 0.6 is 0 Å². The summed E-state index contributed by atoms with van der Waals surface area (Å²) in [5.41, 5.74) is 2.37. The molecule has 6 rings (SSSR count). The molecular weight excluding hydrogens is 544 g/mol. The summed E-state index contributed by atoms with van der Waals surface area (Å²) in [5, 5.41) is 3.24. The van der Waals surface area contributed by atoms with Crippen LogP contribution in [0.2, 0.25) is 0 Å². The Hall–Kier alpha value is -3.60. The molecule has 2 amide bonds. The second kappa shape index (κ2) is 13.6. The molecule has 230 valence electrons. The van der Waals surface area contributed by atoms with Crippen molar-refractivity contribution in [2.45, 2.75) is 58.2 Å². The van der Waals surface area contributed by atoms with Gasteiger partial charge in [-0.2, -0.15) is 0 Å². The van der Waals surface area contributed by atoms with Crippen LogP contribution in [0.5, 0.6) is 0 Å². The summed E-state index contributed by atoms with van der Waals surface area (Å²) in [6.07, 6.45) is 4.00. The van der Waals surface area contributed by atoms with Crippen LogP contribution < -0.4 is 24.9 Å². The Labute approximate surface area is 247 Å². The summed E-state index contributed by atoms with van der Waals surface area (Å²) in [4.78, 5) is 30.7. The van der Waals surface area contributed by atoms with Gasteiger partial charge in [0.05, 0.1) is 35.8 Å². The minimum atomic E-state index is -0.392. The lowest BCUT2D eigenvalue weighted by molar-refractivity contribution is 0.138. The summed E-state index contributed by atoms with van der Waals surface area (Å²) >= 11 is 0. The SMILES string of the molecule is CC[C@H]1CN(c2ccc(N3CCCCC3)c(F)c2)C(=O)O1.CC[C@H]1CN(c2ccc(N3CCNCC3)c(F)c2)C(=O)O1.[HH]. The summed E-state index contributed by atoms with van der Waals surface area (Å²) in [6.45, 7) is 10.0. The Balaban J connectivity index is 0.000000192. The molecule has 9 nitrogen and oxygen atoms in total. The molecule has 0 radical (unpaired) electrons. The molecule has 0 bridgehead atoms. The van der Waals surface area contributed by atoms with Gasteiger partial charge < -0.3 is 24.6 Å². The van der Waals surface area contributed by atoms with Gasteiger partial charge in [0.15, 0.2) is 0 Å². The third-order valence-corrected chi connectivity index (χ3v) is 8.30. The topological polar surface area (TPSA) is 77.6 Å². The van der Waals surface area contributed by atoms with Crippen LogP contribution in [0.15, 0.2) is 36.4 Å². The number of anilines is 4. The highest BCUT2D eigenvalue weighted by Crippen LogP contribution is 2.30. The maximum Gasteiger partial charge on any atom is 0.414 e. The normalized spacial score (nSPS) is 22.6. The Morgan fingerprint density at radius 2 is 1.19 bits per heavy atom. The second-order valence-corrected chi connectivity index (χ2v) is 11.1. The first-order chi connectivity index (χ1) is 20.4. The average molecular weight is 588 g/mol. The standard InChI is InChI=1S/C16H21FN2O2.C15H20FN3O2.H2/c1-2-13-11-19(16(20)21-13)12-6-7-15(14(17)10-12)18-8-4-3-5-9-18;1-2-12-10-19(15(20)21-12)11-3-4-14(13(16)9-11)18-7-5-17-6-8-18;/h6-7,10,13H,2-5,8-9,11H2,1H3;3-4,9,12,17H,2,5-8,10H2,1H3;1H/t13-;12-;/m00./s1. The first-order valence-corrected chi connectivity index (χ1v) is 15.1. The predicted octanol–water partition coefficient (Wildman–Crippen LogP) is 5.77. The van der Waals surface area contributed by atoms with E-state index in [0.29, 0.717) is 35.8 Å². The van der Waals surface area contributed by atoms with E-state index in [1.165, 1.54) is 28.4 Å².